The average molecular weight is 397 g/mol. The van der Waals surface area contributed by atoms with Gasteiger partial charge in [-0.15, -0.1) is 11.3 Å². The molecule has 8 nitrogen and oxygen atoms in total. The zero-order valence-electron chi connectivity index (χ0n) is 16.4. The van der Waals surface area contributed by atoms with E-state index in [-0.39, 0.29) is 0 Å². The first-order chi connectivity index (χ1) is 13.6. The van der Waals surface area contributed by atoms with Crippen molar-refractivity contribution in [2.45, 2.75) is 45.1 Å². The van der Waals surface area contributed by atoms with Gasteiger partial charge in [0.1, 0.15) is 0 Å². The molecule has 1 N–H and O–H groups in total. The lowest BCUT2D eigenvalue weighted by molar-refractivity contribution is 0.721. The number of hydrogen-bond donors (Lipinski definition) is 1. The number of hydrogen-bond acceptors (Lipinski definition) is 8. The minimum atomic E-state index is 0.314. The predicted molar refractivity (Wildman–Crippen MR) is 110 cm³/mol. The van der Waals surface area contributed by atoms with Crippen LogP contribution in [0.5, 0.6) is 0 Å². The summed E-state index contributed by atoms with van der Waals surface area (Å²) in [6.07, 6.45) is 5.30. The summed E-state index contributed by atoms with van der Waals surface area (Å²) in [5.74, 6) is 3.19. The second-order valence-electron chi connectivity index (χ2n) is 7.66. The summed E-state index contributed by atoms with van der Waals surface area (Å²) in [7, 11) is 1.96. The Hall–Kier alpha value is -2.55. The summed E-state index contributed by atoms with van der Waals surface area (Å²) >= 11 is 1.68. The molecule has 0 amide bonds. The monoisotopic (exact) mass is 396 g/mol. The lowest BCUT2D eigenvalue weighted by Crippen LogP contribution is -2.28. The first-order valence-electron chi connectivity index (χ1n) is 9.76. The molecule has 1 aliphatic heterocycles. The fraction of sp³-hybridized carbons (Fsp3) is 0.526. The molecule has 0 bridgehead atoms. The first kappa shape index (κ1) is 17.5. The molecular weight excluding hydrogens is 372 g/mol. The van der Waals surface area contributed by atoms with E-state index < -0.39 is 0 Å². The van der Waals surface area contributed by atoms with Crippen LogP contribution in [-0.4, -0.2) is 48.8 Å². The molecule has 0 aromatic carbocycles. The number of thiazole rings is 1. The van der Waals surface area contributed by atoms with Crippen LogP contribution in [0.3, 0.4) is 0 Å². The van der Waals surface area contributed by atoms with Crippen LogP contribution >= 0.6 is 11.3 Å². The molecule has 2 fully saturated rings. The Morgan fingerprint density at radius 2 is 2.00 bits per heavy atom. The van der Waals surface area contributed by atoms with Crippen LogP contribution < -0.4 is 10.2 Å². The second-order valence-corrected chi connectivity index (χ2v) is 8.86. The lowest BCUT2D eigenvalue weighted by atomic mass is 10.3. The van der Waals surface area contributed by atoms with Gasteiger partial charge in [-0.3, -0.25) is 0 Å². The van der Waals surface area contributed by atoms with Crippen molar-refractivity contribution < 1.29 is 0 Å². The van der Waals surface area contributed by atoms with Crippen molar-refractivity contribution >= 4 is 23.2 Å². The molecule has 1 aliphatic carbocycles. The lowest BCUT2D eigenvalue weighted by Gasteiger charge is -2.17. The standard InChI is InChI=1S/C19H24N8S/c1-11-16(28-12(2)21-11)15-6-8-20-18(23-15)27-9-7-14(10-27)22-19-24-17(13-4-5-13)25-26(19)3/h6,8,13-14H,4-5,7,9-10H2,1-3H3,(H,22,24,25). The summed E-state index contributed by atoms with van der Waals surface area (Å²) in [4.78, 5) is 21.9. The highest BCUT2D eigenvalue weighted by Crippen LogP contribution is 2.38. The summed E-state index contributed by atoms with van der Waals surface area (Å²) in [5.41, 5.74) is 1.98. The van der Waals surface area contributed by atoms with Crippen LogP contribution in [0.4, 0.5) is 11.9 Å². The maximum Gasteiger partial charge on any atom is 0.225 e. The minimum Gasteiger partial charge on any atom is -0.350 e. The van der Waals surface area contributed by atoms with Gasteiger partial charge >= 0.3 is 0 Å². The molecule has 4 heterocycles. The summed E-state index contributed by atoms with van der Waals surface area (Å²) in [5, 5.41) is 9.16. The predicted octanol–water partition coefficient (Wildman–Crippen LogP) is 2.91. The van der Waals surface area contributed by atoms with Gasteiger partial charge in [-0.05, 0) is 39.2 Å². The molecule has 0 spiro atoms. The number of anilines is 2. The molecular formula is C19H24N8S. The van der Waals surface area contributed by atoms with E-state index in [9.17, 15) is 0 Å². The average Bonchev–Trinajstić information content (AvgIpc) is 3.18. The van der Waals surface area contributed by atoms with Gasteiger partial charge in [-0.25, -0.2) is 19.6 Å². The molecule has 3 aromatic heterocycles. The van der Waals surface area contributed by atoms with Crippen molar-refractivity contribution in [3.05, 3.63) is 28.8 Å². The molecule has 28 heavy (non-hydrogen) atoms. The minimum absolute atomic E-state index is 0.314. The van der Waals surface area contributed by atoms with Crippen molar-refractivity contribution in [1.82, 2.24) is 29.7 Å². The van der Waals surface area contributed by atoms with Crippen LogP contribution in [0.15, 0.2) is 12.3 Å². The van der Waals surface area contributed by atoms with Gasteiger partial charge in [0.25, 0.3) is 0 Å². The van der Waals surface area contributed by atoms with E-state index in [1.165, 1.54) is 12.8 Å². The molecule has 3 aromatic rings. The van der Waals surface area contributed by atoms with Gasteiger partial charge in [0.05, 0.1) is 21.3 Å². The van der Waals surface area contributed by atoms with Gasteiger partial charge in [-0.2, -0.15) is 10.1 Å². The maximum atomic E-state index is 4.82. The van der Waals surface area contributed by atoms with E-state index in [4.69, 9.17) is 4.98 Å². The van der Waals surface area contributed by atoms with E-state index in [1.807, 2.05) is 37.8 Å². The van der Waals surface area contributed by atoms with E-state index in [0.29, 0.717) is 12.0 Å². The van der Waals surface area contributed by atoms with Crippen LogP contribution in [0.25, 0.3) is 10.6 Å². The topological polar surface area (TPSA) is 84.7 Å². The van der Waals surface area contributed by atoms with Crippen molar-refractivity contribution in [2.24, 2.45) is 7.05 Å². The fourth-order valence-electron chi connectivity index (χ4n) is 3.68. The summed E-state index contributed by atoms with van der Waals surface area (Å²) in [6.45, 7) is 5.85. The molecule has 146 valence electrons. The first-order valence-corrected chi connectivity index (χ1v) is 10.6. The third kappa shape index (κ3) is 3.34. The highest BCUT2D eigenvalue weighted by molar-refractivity contribution is 7.15. The fourth-order valence-corrected chi connectivity index (χ4v) is 4.57. The number of nitrogens with zero attached hydrogens (tertiary/aromatic N) is 7. The van der Waals surface area contributed by atoms with Gasteiger partial charge in [0.15, 0.2) is 5.82 Å². The number of nitrogens with one attached hydrogen (secondary N) is 1. The molecule has 1 atom stereocenters. The largest absolute Gasteiger partial charge is 0.350 e. The summed E-state index contributed by atoms with van der Waals surface area (Å²) < 4.78 is 1.86. The van der Waals surface area contributed by atoms with Crippen LogP contribution in [0.1, 0.15) is 41.7 Å². The Balaban J connectivity index is 1.29. The van der Waals surface area contributed by atoms with Crippen molar-refractivity contribution in [1.29, 1.82) is 0 Å². The maximum absolute atomic E-state index is 4.82. The highest BCUT2D eigenvalue weighted by Gasteiger charge is 2.30. The molecule has 2 aliphatic rings. The SMILES string of the molecule is Cc1nc(C)c(-c2ccnc(N3CCC(Nc4nc(C5CC5)nn4C)C3)n2)s1. The van der Waals surface area contributed by atoms with Crippen molar-refractivity contribution in [3.63, 3.8) is 0 Å². The van der Waals surface area contributed by atoms with E-state index in [0.717, 1.165) is 58.5 Å². The second kappa shape index (κ2) is 6.80. The van der Waals surface area contributed by atoms with Gasteiger partial charge in [0.2, 0.25) is 11.9 Å². The van der Waals surface area contributed by atoms with E-state index in [1.54, 1.807) is 11.3 Å². The highest BCUT2D eigenvalue weighted by atomic mass is 32.1. The molecule has 9 heteroatoms. The van der Waals surface area contributed by atoms with E-state index in [2.05, 4.69) is 30.3 Å². The quantitative estimate of drug-likeness (QED) is 0.710. The zero-order valence-corrected chi connectivity index (χ0v) is 17.2. The Bertz CT molecular complexity index is 1010. The third-order valence-corrected chi connectivity index (χ3v) is 6.40. The molecule has 1 saturated heterocycles. The Kier molecular flexibility index (Phi) is 4.26. The molecule has 5 rings (SSSR count). The number of rotatable bonds is 5. The number of aromatic nitrogens is 6. The Labute approximate surface area is 168 Å². The van der Waals surface area contributed by atoms with Crippen LogP contribution in [0, 0.1) is 13.8 Å². The normalized spacial score (nSPS) is 19.4. The summed E-state index contributed by atoms with van der Waals surface area (Å²) in [6, 6.07) is 2.28. The number of aryl methyl sites for hydroxylation is 3. The molecule has 1 unspecified atom stereocenters. The van der Waals surface area contributed by atoms with Crippen LogP contribution in [-0.2, 0) is 7.05 Å². The zero-order chi connectivity index (χ0) is 19.3. The van der Waals surface area contributed by atoms with Gasteiger partial charge < -0.3 is 10.2 Å². The van der Waals surface area contributed by atoms with Crippen molar-refractivity contribution in [2.75, 3.05) is 23.3 Å². The molecule has 1 saturated carbocycles. The Morgan fingerprint density at radius 3 is 2.75 bits per heavy atom. The molecule has 0 radical (unpaired) electrons. The van der Waals surface area contributed by atoms with Crippen molar-refractivity contribution in [3.8, 4) is 10.6 Å². The third-order valence-electron chi connectivity index (χ3n) is 5.31. The van der Waals surface area contributed by atoms with Gasteiger partial charge in [0, 0.05) is 38.3 Å². The van der Waals surface area contributed by atoms with Crippen LogP contribution in [0.2, 0.25) is 0 Å². The van der Waals surface area contributed by atoms with E-state index >= 15 is 0 Å². The Morgan fingerprint density at radius 1 is 1.14 bits per heavy atom. The smallest absolute Gasteiger partial charge is 0.225 e. The van der Waals surface area contributed by atoms with Gasteiger partial charge in [-0.1, -0.05) is 0 Å².